The smallest absolute Gasteiger partial charge is 0.324 e. The minimum absolute atomic E-state index is 0.0903. The number of rotatable bonds is 13. The zero-order valence-electron chi connectivity index (χ0n) is 19.9. The van der Waals surface area contributed by atoms with Crippen molar-refractivity contribution in [1.29, 1.82) is 0 Å². The van der Waals surface area contributed by atoms with Gasteiger partial charge in [0.05, 0.1) is 6.16 Å². The lowest BCUT2D eigenvalue weighted by Gasteiger charge is -2.38. The Hall–Kier alpha value is -1.31. The molecule has 9 heteroatoms. The van der Waals surface area contributed by atoms with Gasteiger partial charge in [-0.2, -0.15) is 0 Å². The van der Waals surface area contributed by atoms with Crippen LogP contribution < -0.4 is 5.32 Å². The molecule has 2 aromatic carbocycles. The number of thioether (sulfide) groups is 1. The predicted molar refractivity (Wildman–Crippen MR) is 135 cm³/mol. The van der Waals surface area contributed by atoms with E-state index < -0.39 is 19.2 Å². The van der Waals surface area contributed by atoms with Crippen LogP contribution in [0, 0.1) is 17.5 Å². The van der Waals surface area contributed by atoms with E-state index in [1.165, 1.54) is 30.3 Å². The first kappa shape index (κ1) is 28.3. The van der Waals surface area contributed by atoms with Crippen molar-refractivity contribution in [1.82, 2.24) is 5.32 Å². The molecule has 0 heterocycles. The van der Waals surface area contributed by atoms with E-state index in [-0.39, 0.29) is 40.8 Å². The molecule has 1 aliphatic carbocycles. The zero-order chi connectivity index (χ0) is 25.3. The maximum absolute atomic E-state index is 14.6. The Balaban J connectivity index is 1.47. The summed E-state index contributed by atoms with van der Waals surface area (Å²) in [5.41, 5.74) is 0.893. The van der Waals surface area contributed by atoms with Crippen LogP contribution in [0.3, 0.4) is 0 Å². The lowest BCUT2D eigenvalue weighted by Crippen LogP contribution is -2.30. The first-order valence-electron chi connectivity index (χ1n) is 12.3. The molecule has 0 bridgehead atoms. The molecule has 1 fully saturated rings. The van der Waals surface area contributed by atoms with Crippen LogP contribution >= 0.6 is 19.4 Å². The maximum atomic E-state index is 14.6. The quantitative estimate of drug-likeness (QED) is 0.149. The lowest BCUT2D eigenvalue weighted by atomic mass is 9.66. The summed E-state index contributed by atoms with van der Waals surface area (Å²) in [4.78, 5) is 18.0. The van der Waals surface area contributed by atoms with Gasteiger partial charge in [-0.05, 0) is 73.6 Å². The maximum Gasteiger partial charge on any atom is 0.325 e. The molecule has 35 heavy (non-hydrogen) atoms. The largest absolute Gasteiger partial charge is 0.325 e. The van der Waals surface area contributed by atoms with E-state index in [2.05, 4.69) is 5.32 Å². The van der Waals surface area contributed by atoms with Gasteiger partial charge in [0.2, 0.25) is 0 Å². The molecule has 0 aliphatic heterocycles. The van der Waals surface area contributed by atoms with Crippen LogP contribution in [0.1, 0.15) is 68.9 Å². The predicted octanol–water partition coefficient (Wildman–Crippen LogP) is 6.93. The lowest BCUT2D eigenvalue weighted by molar-refractivity contribution is 0.260. The molecule has 2 aromatic rings. The molecule has 194 valence electrons. The van der Waals surface area contributed by atoms with Crippen molar-refractivity contribution in [2.75, 3.05) is 18.5 Å². The number of nitrogens with one attached hydrogen (secondary N) is 1. The monoisotopic (exact) mass is 529 g/mol. The first-order chi connectivity index (χ1) is 16.7. The number of hydrogen-bond acceptors (Lipinski definition) is 3. The third-order valence-electron chi connectivity index (χ3n) is 6.78. The van der Waals surface area contributed by atoms with Gasteiger partial charge in [-0.3, -0.25) is 4.57 Å². The van der Waals surface area contributed by atoms with Gasteiger partial charge < -0.3 is 15.1 Å². The van der Waals surface area contributed by atoms with Crippen molar-refractivity contribution in [2.24, 2.45) is 0 Å². The molecule has 1 aliphatic rings. The second kappa shape index (κ2) is 13.3. The molecular formula is C26H35F3NO3PS. The summed E-state index contributed by atoms with van der Waals surface area (Å²) >= 11 is 1.29. The van der Waals surface area contributed by atoms with Crippen LogP contribution in [-0.4, -0.2) is 28.2 Å². The van der Waals surface area contributed by atoms with Gasteiger partial charge in [-0.15, -0.1) is 11.8 Å². The molecule has 1 saturated carbocycles. The molecule has 0 saturated heterocycles. The van der Waals surface area contributed by atoms with Crippen molar-refractivity contribution in [2.45, 2.75) is 74.6 Å². The Bertz CT molecular complexity index is 1010. The van der Waals surface area contributed by atoms with Crippen LogP contribution in [0.5, 0.6) is 0 Å². The highest BCUT2D eigenvalue weighted by molar-refractivity contribution is 7.99. The van der Waals surface area contributed by atoms with Gasteiger partial charge in [0.15, 0.2) is 0 Å². The highest BCUT2D eigenvalue weighted by atomic mass is 32.2. The molecule has 3 N–H and O–H groups in total. The summed E-state index contributed by atoms with van der Waals surface area (Å²) in [6.07, 6.45) is 8.05. The normalized spacial score (nSPS) is 15.9. The van der Waals surface area contributed by atoms with Crippen molar-refractivity contribution in [3.63, 3.8) is 0 Å². The second-order valence-electron chi connectivity index (χ2n) is 9.42. The molecule has 0 atom stereocenters. The summed E-state index contributed by atoms with van der Waals surface area (Å²) < 4.78 is 54.4. The van der Waals surface area contributed by atoms with Gasteiger partial charge >= 0.3 is 7.60 Å². The van der Waals surface area contributed by atoms with E-state index in [1.807, 2.05) is 12.1 Å². The van der Waals surface area contributed by atoms with E-state index in [9.17, 15) is 17.7 Å². The van der Waals surface area contributed by atoms with Gasteiger partial charge in [0.1, 0.15) is 17.5 Å². The summed E-state index contributed by atoms with van der Waals surface area (Å²) in [6.45, 7) is 0.393. The van der Waals surface area contributed by atoms with Gasteiger partial charge in [0.25, 0.3) is 0 Å². The molecule has 0 radical (unpaired) electrons. The third kappa shape index (κ3) is 8.64. The third-order valence-corrected chi connectivity index (χ3v) is 8.80. The fourth-order valence-electron chi connectivity index (χ4n) is 4.97. The minimum atomic E-state index is -4.04. The Labute approximate surface area is 210 Å². The number of unbranched alkanes of at least 4 members (excludes halogenated alkanes) is 1. The van der Waals surface area contributed by atoms with Crippen LogP contribution in [0.25, 0.3) is 0 Å². The van der Waals surface area contributed by atoms with Crippen molar-refractivity contribution in [3.8, 4) is 0 Å². The molecular weight excluding hydrogens is 494 g/mol. The van der Waals surface area contributed by atoms with Crippen LogP contribution in [0.4, 0.5) is 13.2 Å². The van der Waals surface area contributed by atoms with Gasteiger partial charge in [-0.1, -0.05) is 43.9 Å². The highest BCUT2D eigenvalue weighted by Gasteiger charge is 2.35. The van der Waals surface area contributed by atoms with Crippen molar-refractivity contribution < 1.29 is 27.5 Å². The summed E-state index contributed by atoms with van der Waals surface area (Å²) in [6, 6.07) is 9.50. The number of halogens is 3. The minimum Gasteiger partial charge on any atom is -0.324 e. The molecule has 0 unspecified atom stereocenters. The topological polar surface area (TPSA) is 69.6 Å². The summed E-state index contributed by atoms with van der Waals surface area (Å²) in [7, 11) is -4.04. The van der Waals surface area contributed by atoms with E-state index >= 15 is 0 Å². The number of hydrogen-bond donors (Lipinski definition) is 3. The molecule has 4 nitrogen and oxygen atoms in total. The van der Waals surface area contributed by atoms with Crippen LogP contribution in [-0.2, 0) is 16.5 Å². The molecule has 0 aromatic heterocycles. The van der Waals surface area contributed by atoms with E-state index in [0.29, 0.717) is 12.3 Å². The van der Waals surface area contributed by atoms with Crippen LogP contribution in [0.15, 0.2) is 41.3 Å². The van der Waals surface area contributed by atoms with Gasteiger partial charge in [-0.25, -0.2) is 13.2 Å². The molecule has 3 rings (SSSR count). The molecule has 0 spiro atoms. The SMILES string of the molecule is O=P(O)(O)CCCNCc1cc(F)c(SCCCCC2(c3ccccc3F)CCCCC2)cc1F. The van der Waals surface area contributed by atoms with Crippen molar-refractivity contribution >= 4 is 19.4 Å². The zero-order valence-corrected chi connectivity index (χ0v) is 21.7. The summed E-state index contributed by atoms with van der Waals surface area (Å²) in [5, 5.41) is 2.89. The van der Waals surface area contributed by atoms with E-state index in [1.54, 1.807) is 12.1 Å². The van der Waals surface area contributed by atoms with E-state index in [0.717, 1.165) is 50.5 Å². The average molecular weight is 530 g/mol. The fraction of sp³-hybridized carbons (Fsp3) is 0.538. The Morgan fingerprint density at radius 1 is 0.943 bits per heavy atom. The second-order valence-corrected chi connectivity index (χ2v) is 12.3. The number of benzene rings is 2. The van der Waals surface area contributed by atoms with Crippen LogP contribution in [0.2, 0.25) is 0 Å². The van der Waals surface area contributed by atoms with Crippen molar-refractivity contribution in [3.05, 3.63) is 65.0 Å². The highest BCUT2D eigenvalue weighted by Crippen LogP contribution is 2.44. The standard InChI is InChI=1S/C26H35F3NO3PS/c27-22-10-3-2-9-21(22)26(11-4-1-5-12-26)13-6-7-16-35-25-18-23(28)20(17-24(25)29)19-30-14-8-15-34(31,32)33/h2-3,9-10,17-18,30H,1,4-8,11-16,19H2,(H2,31,32,33). The Kier molecular flexibility index (Phi) is 10.7. The fourth-order valence-corrected chi connectivity index (χ4v) is 6.49. The first-order valence-corrected chi connectivity index (χ1v) is 15.1. The van der Waals surface area contributed by atoms with Gasteiger partial charge in [0, 0.05) is 17.0 Å². The Morgan fingerprint density at radius 2 is 1.69 bits per heavy atom. The van der Waals surface area contributed by atoms with E-state index in [4.69, 9.17) is 9.79 Å². The molecule has 0 amide bonds. The Morgan fingerprint density at radius 3 is 2.40 bits per heavy atom. The summed E-state index contributed by atoms with van der Waals surface area (Å²) in [5.74, 6) is -0.447. The average Bonchev–Trinajstić information content (AvgIpc) is 2.81.